The lowest BCUT2D eigenvalue weighted by atomic mass is 10.1. The Kier molecular flexibility index (Phi) is 7.31. The van der Waals surface area contributed by atoms with E-state index in [1.54, 1.807) is 6.92 Å². The van der Waals surface area contributed by atoms with Crippen LogP contribution >= 0.6 is 0 Å². The van der Waals surface area contributed by atoms with E-state index in [4.69, 9.17) is 4.74 Å². The predicted octanol–water partition coefficient (Wildman–Crippen LogP) is 1.87. The van der Waals surface area contributed by atoms with E-state index in [9.17, 15) is 14.6 Å². The first-order valence-corrected chi connectivity index (χ1v) is 4.94. The monoisotopic (exact) mass is 216 g/mol. The van der Waals surface area contributed by atoms with Crippen LogP contribution in [0.1, 0.15) is 26.7 Å². The molecule has 0 amide bonds. The molecule has 0 aromatic rings. The molecule has 0 aliphatic rings. The summed E-state index contributed by atoms with van der Waals surface area (Å²) < 4.78 is 4.92. The predicted molar refractivity (Wildman–Crippen MR) is 55.3 cm³/mol. The summed E-state index contributed by atoms with van der Waals surface area (Å²) in [6.45, 7) is 3.25. The zero-order valence-corrected chi connectivity index (χ0v) is 9.01. The normalized spacial score (nSPS) is 12.2. The lowest BCUT2D eigenvalue weighted by Gasteiger charge is -2.15. The van der Waals surface area contributed by atoms with E-state index >= 15 is 0 Å². The number of hydrogen-bond acceptors (Lipinski definition) is 6. The van der Waals surface area contributed by atoms with E-state index in [2.05, 4.69) is 10.4 Å². The van der Waals surface area contributed by atoms with Gasteiger partial charge in [0, 0.05) is 0 Å². The molecule has 0 rings (SSSR count). The van der Waals surface area contributed by atoms with Gasteiger partial charge in [-0.1, -0.05) is 30.6 Å². The number of rotatable bonds is 8. The molecule has 0 N–H and O–H groups in total. The van der Waals surface area contributed by atoms with Crippen LogP contribution in [-0.2, 0) is 9.53 Å². The Balaban J connectivity index is 4.07. The van der Waals surface area contributed by atoms with E-state index < -0.39 is 12.1 Å². The van der Waals surface area contributed by atoms with E-state index in [0.29, 0.717) is 6.42 Å². The molecular formula is C9H16N2O4. The number of nitrogens with zero attached hydrogens (tertiary/aromatic N) is 2. The Hall–Kier alpha value is -1.33. The smallest absolute Gasteiger partial charge is 0.309 e. The fourth-order valence-corrected chi connectivity index (χ4v) is 1.13. The van der Waals surface area contributed by atoms with Crippen LogP contribution < -0.4 is 0 Å². The van der Waals surface area contributed by atoms with Crippen LogP contribution in [0.15, 0.2) is 10.4 Å². The van der Waals surface area contributed by atoms with Crippen molar-refractivity contribution in [2.45, 2.75) is 32.8 Å². The molecule has 0 aliphatic carbocycles. The molecule has 0 aromatic heterocycles. The Morgan fingerprint density at radius 2 is 1.80 bits per heavy atom. The highest BCUT2D eigenvalue weighted by atomic mass is 16.5. The summed E-state index contributed by atoms with van der Waals surface area (Å²) >= 11 is 0. The molecule has 0 spiro atoms. The Bertz CT molecular complexity index is 210. The topological polar surface area (TPSA) is 85.2 Å². The molecule has 0 saturated carbocycles. The largest absolute Gasteiger partial charge is 0.458 e. The third-order valence-electron chi connectivity index (χ3n) is 1.96. The summed E-state index contributed by atoms with van der Waals surface area (Å²) in [6, 6.07) is 0. The van der Waals surface area contributed by atoms with Crippen molar-refractivity contribution in [3.05, 3.63) is 9.81 Å². The number of ether oxygens (including phenoxy) is 1. The van der Waals surface area contributed by atoms with Crippen LogP contribution in [0.3, 0.4) is 0 Å². The van der Waals surface area contributed by atoms with E-state index in [1.807, 2.05) is 6.92 Å². The SMILES string of the molecule is CCCC(C)C(=O)OC(CN=O)CN=O. The summed E-state index contributed by atoms with van der Waals surface area (Å²) in [6.07, 6.45) is 0.778. The quantitative estimate of drug-likeness (QED) is 0.458. The lowest BCUT2D eigenvalue weighted by molar-refractivity contribution is -0.152. The Labute approximate surface area is 88.3 Å². The standard InChI is InChI=1S/C9H16N2O4/c1-3-4-7(2)9(12)15-8(5-10-13)6-11-14/h7-8H,3-6H2,1-2H3. The molecule has 1 unspecified atom stereocenters. The van der Waals surface area contributed by atoms with Crippen LogP contribution in [0.2, 0.25) is 0 Å². The first kappa shape index (κ1) is 13.7. The molecule has 0 fully saturated rings. The minimum atomic E-state index is -0.813. The van der Waals surface area contributed by atoms with Gasteiger partial charge in [-0.05, 0) is 6.42 Å². The van der Waals surface area contributed by atoms with Gasteiger partial charge >= 0.3 is 5.97 Å². The van der Waals surface area contributed by atoms with Gasteiger partial charge in [-0.15, -0.1) is 0 Å². The summed E-state index contributed by atoms with van der Waals surface area (Å²) in [5.41, 5.74) is 0. The highest BCUT2D eigenvalue weighted by Crippen LogP contribution is 2.09. The number of carbonyl (C=O) groups is 1. The van der Waals surface area contributed by atoms with Crippen molar-refractivity contribution in [2.75, 3.05) is 13.1 Å². The molecule has 6 heteroatoms. The average Bonchev–Trinajstić information content (AvgIpc) is 2.18. The average molecular weight is 216 g/mol. The van der Waals surface area contributed by atoms with Crippen molar-refractivity contribution in [2.24, 2.45) is 16.3 Å². The Morgan fingerprint density at radius 3 is 2.20 bits per heavy atom. The molecule has 15 heavy (non-hydrogen) atoms. The lowest BCUT2D eigenvalue weighted by Crippen LogP contribution is -2.27. The fraction of sp³-hybridized carbons (Fsp3) is 0.889. The first-order valence-electron chi connectivity index (χ1n) is 4.94. The summed E-state index contributed by atoms with van der Waals surface area (Å²) in [4.78, 5) is 31.3. The minimum absolute atomic E-state index is 0.226. The second-order valence-corrected chi connectivity index (χ2v) is 3.37. The van der Waals surface area contributed by atoms with Gasteiger partial charge in [-0.3, -0.25) is 4.79 Å². The van der Waals surface area contributed by atoms with Gasteiger partial charge in [-0.25, -0.2) is 0 Å². The van der Waals surface area contributed by atoms with Crippen molar-refractivity contribution in [1.29, 1.82) is 0 Å². The third-order valence-corrected chi connectivity index (χ3v) is 1.96. The van der Waals surface area contributed by atoms with Crippen LogP contribution in [0.25, 0.3) is 0 Å². The molecule has 1 atom stereocenters. The van der Waals surface area contributed by atoms with E-state index in [-0.39, 0.29) is 19.0 Å². The number of hydrogen-bond donors (Lipinski definition) is 0. The number of carbonyl (C=O) groups excluding carboxylic acids is 1. The van der Waals surface area contributed by atoms with Crippen LogP contribution in [-0.4, -0.2) is 25.2 Å². The second kappa shape index (κ2) is 8.02. The second-order valence-electron chi connectivity index (χ2n) is 3.37. The molecule has 0 radical (unpaired) electrons. The molecule has 0 bridgehead atoms. The van der Waals surface area contributed by atoms with Crippen molar-refractivity contribution >= 4 is 5.97 Å². The van der Waals surface area contributed by atoms with Crippen LogP contribution in [0, 0.1) is 15.7 Å². The van der Waals surface area contributed by atoms with E-state index in [1.165, 1.54) is 0 Å². The fourth-order valence-electron chi connectivity index (χ4n) is 1.13. The highest BCUT2D eigenvalue weighted by molar-refractivity contribution is 5.72. The third kappa shape index (κ3) is 5.87. The van der Waals surface area contributed by atoms with Crippen molar-refractivity contribution in [3.63, 3.8) is 0 Å². The first-order chi connectivity index (χ1) is 7.15. The molecule has 0 aliphatic heterocycles. The molecular weight excluding hydrogens is 200 g/mol. The van der Waals surface area contributed by atoms with Gasteiger partial charge in [0.1, 0.15) is 19.2 Å². The van der Waals surface area contributed by atoms with Gasteiger partial charge in [-0.2, -0.15) is 9.81 Å². The number of nitroso groups, excluding NO2 is 2. The number of esters is 1. The maximum absolute atomic E-state index is 11.4. The van der Waals surface area contributed by atoms with Gasteiger partial charge in [0.25, 0.3) is 0 Å². The van der Waals surface area contributed by atoms with Crippen LogP contribution in [0.4, 0.5) is 0 Å². The van der Waals surface area contributed by atoms with Crippen molar-refractivity contribution in [1.82, 2.24) is 0 Å². The summed E-state index contributed by atoms with van der Waals surface area (Å²) in [7, 11) is 0. The van der Waals surface area contributed by atoms with Crippen LogP contribution in [0.5, 0.6) is 0 Å². The molecule has 0 aromatic carbocycles. The zero-order chi connectivity index (χ0) is 11.7. The maximum Gasteiger partial charge on any atom is 0.309 e. The van der Waals surface area contributed by atoms with Gasteiger partial charge in [0.2, 0.25) is 0 Å². The highest BCUT2D eigenvalue weighted by Gasteiger charge is 2.19. The molecule has 6 nitrogen and oxygen atoms in total. The van der Waals surface area contributed by atoms with E-state index in [0.717, 1.165) is 6.42 Å². The minimum Gasteiger partial charge on any atom is -0.458 e. The molecule has 0 heterocycles. The summed E-state index contributed by atoms with van der Waals surface area (Å²) in [5.74, 6) is -0.634. The van der Waals surface area contributed by atoms with Gasteiger partial charge < -0.3 is 4.74 Å². The molecule has 0 saturated heterocycles. The Morgan fingerprint density at radius 1 is 1.27 bits per heavy atom. The van der Waals surface area contributed by atoms with Crippen molar-refractivity contribution in [3.8, 4) is 0 Å². The maximum atomic E-state index is 11.4. The van der Waals surface area contributed by atoms with Gasteiger partial charge in [0.05, 0.1) is 5.92 Å². The van der Waals surface area contributed by atoms with Crippen molar-refractivity contribution < 1.29 is 9.53 Å². The van der Waals surface area contributed by atoms with Gasteiger partial charge in [0.15, 0.2) is 0 Å². The molecule has 86 valence electrons. The summed E-state index contributed by atoms with van der Waals surface area (Å²) in [5, 5.41) is 5.17. The zero-order valence-electron chi connectivity index (χ0n) is 9.01.